The van der Waals surface area contributed by atoms with Crippen LogP contribution in [0.15, 0.2) is 36.0 Å². The first-order chi connectivity index (χ1) is 12.3. The fourth-order valence-electron chi connectivity index (χ4n) is 2.65. The number of benzene rings is 1. The van der Waals surface area contributed by atoms with E-state index >= 15 is 0 Å². The van der Waals surface area contributed by atoms with Crippen molar-refractivity contribution < 1.29 is 17.9 Å². The molecule has 1 aliphatic rings. The van der Waals surface area contributed by atoms with Gasteiger partial charge in [0.2, 0.25) is 0 Å². The molecule has 1 aromatic carbocycles. The van der Waals surface area contributed by atoms with Gasteiger partial charge in [-0.15, -0.1) is 0 Å². The number of hydrogen-bond donors (Lipinski definition) is 1. The minimum absolute atomic E-state index is 0.00182. The van der Waals surface area contributed by atoms with Crippen molar-refractivity contribution in [3.63, 3.8) is 0 Å². The van der Waals surface area contributed by atoms with E-state index in [1.54, 1.807) is 29.2 Å². The van der Waals surface area contributed by atoms with Crippen molar-refractivity contribution in [2.24, 2.45) is 0 Å². The highest BCUT2D eigenvalue weighted by Gasteiger charge is 2.31. The Labute approximate surface area is 158 Å². The van der Waals surface area contributed by atoms with Crippen molar-refractivity contribution in [2.75, 3.05) is 37.1 Å². The lowest BCUT2D eigenvalue weighted by atomic mass is 10.2. The van der Waals surface area contributed by atoms with Gasteiger partial charge in [0.05, 0.1) is 18.1 Å². The zero-order valence-electron chi connectivity index (χ0n) is 14.3. The Kier molecular flexibility index (Phi) is 7.03. The van der Waals surface area contributed by atoms with Crippen molar-refractivity contribution in [3.05, 3.63) is 41.1 Å². The summed E-state index contributed by atoms with van der Waals surface area (Å²) in [5.74, 6) is -0.481. The fourth-order valence-corrected chi connectivity index (χ4v) is 4.59. The summed E-state index contributed by atoms with van der Waals surface area (Å²) in [5, 5.41) is 12.4. The number of sulfone groups is 1. The highest BCUT2D eigenvalue weighted by atomic mass is 35.5. The van der Waals surface area contributed by atoms with E-state index in [4.69, 9.17) is 16.3 Å². The second-order valence-electron chi connectivity index (χ2n) is 5.91. The van der Waals surface area contributed by atoms with Crippen molar-refractivity contribution >= 4 is 33.0 Å². The molecule has 0 saturated carbocycles. The third-order valence-electron chi connectivity index (χ3n) is 3.97. The lowest BCUT2D eigenvalue weighted by Gasteiger charge is -2.26. The monoisotopic (exact) mass is 397 g/mol. The van der Waals surface area contributed by atoms with E-state index in [1.165, 1.54) is 13.3 Å². The summed E-state index contributed by atoms with van der Waals surface area (Å²) in [5.41, 5.74) is 0.348. The molecule has 1 aliphatic heterocycles. The number of carbonyl (C=O) groups excluding carboxylic acids is 1. The molecule has 140 valence electrons. The standard InChI is InChI=1S/C17H20ClN3O4S/c1-25-7-6-21(16-5-8-26(23,24)12-16)11-13(10-19)17(22)20-15-4-2-3-14(18)9-15/h2-4,9,11,16H,5-8,12H2,1H3,(H,20,22)/b13-11-. The maximum atomic E-state index is 12.4. The number of hydrogen-bond acceptors (Lipinski definition) is 6. The molecule has 0 bridgehead atoms. The SMILES string of the molecule is COCCN(/C=C(/C#N)C(=O)Nc1cccc(Cl)c1)C1CCS(=O)(=O)C1. The first kappa shape index (κ1) is 20.2. The minimum Gasteiger partial charge on any atom is -0.383 e. The Morgan fingerprint density at radius 3 is 2.88 bits per heavy atom. The second-order valence-corrected chi connectivity index (χ2v) is 8.57. The van der Waals surface area contributed by atoms with Gasteiger partial charge in [0.25, 0.3) is 5.91 Å². The summed E-state index contributed by atoms with van der Waals surface area (Å²) in [6.07, 6.45) is 1.86. The molecule has 9 heteroatoms. The van der Waals surface area contributed by atoms with Gasteiger partial charge in [0.1, 0.15) is 11.6 Å². The maximum absolute atomic E-state index is 12.4. The van der Waals surface area contributed by atoms with Gasteiger partial charge in [-0.1, -0.05) is 17.7 Å². The number of nitrogens with zero attached hydrogens (tertiary/aromatic N) is 2. The topological polar surface area (TPSA) is 99.5 Å². The molecule has 1 aromatic rings. The molecule has 1 fully saturated rings. The summed E-state index contributed by atoms with van der Waals surface area (Å²) in [7, 11) is -1.56. The van der Waals surface area contributed by atoms with Crippen LogP contribution in [-0.4, -0.2) is 57.0 Å². The number of nitriles is 1. The van der Waals surface area contributed by atoms with Gasteiger partial charge in [0, 0.05) is 36.6 Å². The molecule has 1 N–H and O–H groups in total. The van der Waals surface area contributed by atoms with Crippen molar-refractivity contribution in [2.45, 2.75) is 12.5 Å². The molecule has 1 heterocycles. The van der Waals surface area contributed by atoms with Gasteiger partial charge < -0.3 is 15.0 Å². The smallest absolute Gasteiger partial charge is 0.267 e. The van der Waals surface area contributed by atoms with Gasteiger partial charge in [-0.25, -0.2) is 8.42 Å². The van der Waals surface area contributed by atoms with Gasteiger partial charge in [-0.3, -0.25) is 4.79 Å². The average Bonchev–Trinajstić information content (AvgIpc) is 2.95. The average molecular weight is 398 g/mol. The summed E-state index contributed by atoms with van der Waals surface area (Å²) in [6.45, 7) is 0.730. The van der Waals surface area contributed by atoms with Crippen LogP contribution >= 0.6 is 11.6 Å². The number of methoxy groups -OCH3 is 1. The Bertz CT molecular complexity index is 833. The van der Waals surface area contributed by atoms with E-state index < -0.39 is 15.7 Å². The predicted octanol–water partition coefficient (Wildman–Crippen LogP) is 1.82. The van der Waals surface area contributed by atoms with Crippen LogP contribution in [0, 0.1) is 11.3 Å². The first-order valence-electron chi connectivity index (χ1n) is 7.98. The van der Waals surface area contributed by atoms with Crippen molar-refractivity contribution in [1.29, 1.82) is 5.26 Å². The van der Waals surface area contributed by atoms with Gasteiger partial charge in [-0.2, -0.15) is 5.26 Å². The number of ether oxygens (including phenoxy) is 1. The summed E-state index contributed by atoms with van der Waals surface area (Å²) >= 11 is 5.89. The Morgan fingerprint density at radius 1 is 1.54 bits per heavy atom. The largest absolute Gasteiger partial charge is 0.383 e. The van der Waals surface area contributed by atoms with Crippen LogP contribution in [0.2, 0.25) is 5.02 Å². The van der Waals surface area contributed by atoms with E-state index in [0.29, 0.717) is 30.3 Å². The Morgan fingerprint density at radius 2 is 2.31 bits per heavy atom. The molecule has 1 unspecified atom stereocenters. The maximum Gasteiger partial charge on any atom is 0.267 e. The zero-order valence-corrected chi connectivity index (χ0v) is 15.9. The summed E-state index contributed by atoms with van der Waals surface area (Å²) < 4.78 is 28.5. The van der Waals surface area contributed by atoms with Crippen LogP contribution in [0.3, 0.4) is 0 Å². The molecule has 0 aliphatic carbocycles. The normalized spacial score (nSPS) is 19.0. The van der Waals surface area contributed by atoms with Crippen molar-refractivity contribution in [3.8, 4) is 6.07 Å². The third kappa shape index (κ3) is 5.73. The highest BCUT2D eigenvalue weighted by molar-refractivity contribution is 7.91. The second kappa shape index (κ2) is 9.03. The zero-order chi connectivity index (χ0) is 19.2. The van der Waals surface area contributed by atoms with Crippen LogP contribution < -0.4 is 5.32 Å². The quantitative estimate of drug-likeness (QED) is 0.556. The molecule has 2 rings (SSSR count). The fraction of sp³-hybridized carbons (Fsp3) is 0.412. The molecular weight excluding hydrogens is 378 g/mol. The summed E-state index contributed by atoms with van der Waals surface area (Å²) in [6, 6.07) is 8.17. The van der Waals surface area contributed by atoms with E-state index in [-0.39, 0.29) is 23.1 Å². The van der Waals surface area contributed by atoms with Crippen LogP contribution in [0.5, 0.6) is 0 Å². The number of nitrogens with one attached hydrogen (secondary N) is 1. The van der Waals surface area contributed by atoms with E-state index in [1.807, 2.05) is 6.07 Å². The van der Waals surface area contributed by atoms with Crippen LogP contribution in [0.4, 0.5) is 5.69 Å². The molecule has 1 saturated heterocycles. The molecule has 0 aromatic heterocycles. The number of carbonyl (C=O) groups is 1. The lowest BCUT2D eigenvalue weighted by Crippen LogP contribution is -2.35. The molecule has 26 heavy (non-hydrogen) atoms. The highest BCUT2D eigenvalue weighted by Crippen LogP contribution is 2.20. The number of rotatable bonds is 7. The van der Waals surface area contributed by atoms with Crippen LogP contribution in [0.1, 0.15) is 6.42 Å². The van der Waals surface area contributed by atoms with Crippen LogP contribution in [0.25, 0.3) is 0 Å². The number of amides is 1. The van der Waals surface area contributed by atoms with E-state index in [9.17, 15) is 18.5 Å². The molecule has 0 spiro atoms. The molecule has 1 atom stereocenters. The molecule has 1 amide bonds. The van der Waals surface area contributed by atoms with E-state index in [0.717, 1.165) is 0 Å². The molecular formula is C17H20ClN3O4S. The molecule has 7 nitrogen and oxygen atoms in total. The molecule has 0 radical (unpaired) electrons. The number of halogens is 1. The van der Waals surface area contributed by atoms with Crippen molar-refractivity contribution in [1.82, 2.24) is 4.90 Å². The van der Waals surface area contributed by atoms with Gasteiger partial charge in [-0.05, 0) is 24.6 Å². The Hall–Kier alpha value is -2.08. The lowest BCUT2D eigenvalue weighted by molar-refractivity contribution is -0.112. The summed E-state index contributed by atoms with van der Waals surface area (Å²) in [4.78, 5) is 14.1. The number of anilines is 1. The van der Waals surface area contributed by atoms with E-state index in [2.05, 4.69) is 5.32 Å². The van der Waals surface area contributed by atoms with Gasteiger partial charge >= 0.3 is 0 Å². The predicted molar refractivity (Wildman–Crippen MR) is 99.4 cm³/mol. The Balaban J connectivity index is 2.18. The van der Waals surface area contributed by atoms with Crippen LogP contribution in [-0.2, 0) is 19.4 Å². The minimum atomic E-state index is -3.09. The third-order valence-corrected chi connectivity index (χ3v) is 5.96. The first-order valence-corrected chi connectivity index (χ1v) is 10.2. The van der Waals surface area contributed by atoms with Gasteiger partial charge in [0.15, 0.2) is 9.84 Å².